The van der Waals surface area contributed by atoms with Gasteiger partial charge in [0.15, 0.2) is 0 Å². The van der Waals surface area contributed by atoms with Crippen molar-refractivity contribution in [3.05, 3.63) is 83.4 Å². The zero-order chi connectivity index (χ0) is 34.9. The van der Waals surface area contributed by atoms with E-state index >= 15 is 0 Å². The van der Waals surface area contributed by atoms with Gasteiger partial charge in [0.2, 0.25) is 0 Å². The molecule has 10 atom stereocenters. The Hall–Kier alpha value is -2.43. The highest BCUT2D eigenvalue weighted by atomic mass is 16.5. The predicted molar refractivity (Wildman–Crippen MR) is 196 cm³/mol. The summed E-state index contributed by atoms with van der Waals surface area (Å²) in [5.74, 6) is 1.17. The van der Waals surface area contributed by atoms with E-state index in [-0.39, 0.29) is 51.2 Å². The molecule has 4 heteroatoms. The maximum Gasteiger partial charge on any atom is 0.314 e. The number of benzene rings is 2. The number of fused-ring (bicyclic) bond motifs is 7. The van der Waals surface area contributed by atoms with Crippen molar-refractivity contribution >= 4 is 5.97 Å². The van der Waals surface area contributed by atoms with Crippen molar-refractivity contribution < 1.29 is 19.0 Å². The van der Waals surface area contributed by atoms with Crippen molar-refractivity contribution in [2.75, 3.05) is 7.11 Å². The molecule has 7 rings (SSSR count). The molecule has 2 aromatic carbocycles. The van der Waals surface area contributed by atoms with E-state index in [2.05, 4.69) is 109 Å². The Kier molecular flexibility index (Phi) is 8.83. The molecule has 0 saturated heterocycles. The SMILES string of the molecule is COC(=O)[C@]1(C)C2CC[C@]3(C)[C@H](CC=C4[C@H]5CC(C)(C)C[C@@H](OCc6ccccc6)[C@]5(C)CC[C@]43C)[C@@]2(C)CC[C@@H]1OCc1ccccc1. The minimum atomic E-state index is -0.676. The summed E-state index contributed by atoms with van der Waals surface area (Å²) >= 11 is 0. The van der Waals surface area contributed by atoms with Crippen molar-refractivity contribution in [2.45, 2.75) is 132 Å². The molecular weight excluding hydrogens is 604 g/mol. The van der Waals surface area contributed by atoms with Gasteiger partial charge in [0, 0.05) is 5.41 Å². The van der Waals surface area contributed by atoms with Crippen LogP contribution in [0.5, 0.6) is 0 Å². The number of carbonyl (C=O) groups excluding carboxylic acids is 1. The molecule has 4 nitrogen and oxygen atoms in total. The number of carbonyl (C=O) groups is 1. The standard InChI is InChI=1S/C45H62O4/c1-40(2)27-34-33-19-20-35-42(4)23-22-37(48-29-31-15-11-9-12-16-31)45(7,39(46)47-8)36(42)21-24-44(35,6)43(33,5)26-25-41(34,3)38(28-40)49-30-32-17-13-10-14-18-32/h9-19,34-38H,20-30H2,1-8H3/t34-,35-,36?,37+,38-,41-,42-,43-,44-,45-/m1/s1. The Morgan fingerprint density at radius 3 is 1.92 bits per heavy atom. The first kappa shape index (κ1) is 35.0. The molecule has 4 saturated carbocycles. The first-order valence-corrected chi connectivity index (χ1v) is 19.3. The van der Waals surface area contributed by atoms with Gasteiger partial charge in [0.25, 0.3) is 0 Å². The van der Waals surface area contributed by atoms with Crippen LogP contribution in [-0.2, 0) is 32.2 Å². The Balaban J connectivity index is 1.19. The average Bonchev–Trinajstić information content (AvgIpc) is 3.08. The smallest absolute Gasteiger partial charge is 0.314 e. The fraction of sp³-hybridized carbons (Fsp3) is 0.667. The molecule has 49 heavy (non-hydrogen) atoms. The van der Waals surface area contributed by atoms with Crippen molar-refractivity contribution in [3.8, 4) is 0 Å². The summed E-state index contributed by atoms with van der Waals surface area (Å²) in [6.45, 7) is 18.7. The highest BCUT2D eigenvalue weighted by Crippen LogP contribution is 2.76. The first-order chi connectivity index (χ1) is 23.2. The molecule has 0 amide bonds. The van der Waals surface area contributed by atoms with E-state index in [0.29, 0.717) is 25.0 Å². The number of ether oxygens (including phenoxy) is 3. The van der Waals surface area contributed by atoms with Gasteiger partial charge in [0.05, 0.1) is 37.9 Å². The van der Waals surface area contributed by atoms with E-state index < -0.39 is 5.41 Å². The highest BCUT2D eigenvalue weighted by molar-refractivity contribution is 5.78. The topological polar surface area (TPSA) is 44.8 Å². The third kappa shape index (κ3) is 5.40. The molecule has 5 aliphatic rings. The maximum absolute atomic E-state index is 13.9. The fourth-order valence-electron chi connectivity index (χ4n) is 12.9. The van der Waals surface area contributed by atoms with E-state index in [4.69, 9.17) is 14.2 Å². The van der Waals surface area contributed by atoms with Crippen LogP contribution in [0.3, 0.4) is 0 Å². The lowest BCUT2D eigenvalue weighted by molar-refractivity contribution is -0.229. The van der Waals surface area contributed by atoms with Crippen molar-refractivity contribution in [3.63, 3.8) is 0 Å². The van der Waals surface area contributed by atoms with Gasteiger partial charge in [-0.1, -0.05) is 114 Å². The second-order valence-corrected chi connectivity index (χ2v) is 18.8. The van der Waals surface area contributed by atoms with Gasteiger partial charge >= 0.3 is 5.97 Å². The number of hydrogen-bond donors (Lipinski definition) is 0. The summed E-state index contributed by atoms with van der Waals surface area (Å²) in [6.07, 6.45) is 12.9. The zero-order valence-corrected chi connectivity index (χ0v) is 31.6. The Bertz CT molecular complexity index is 1550. The lowest BCUT2D eigenvalue weighted by atomic mass is 9.33. The molecule has 2 aromatic rings. The molecule has 5 aliphatic carbocycles. The fourth-order valence-corrected chi connectivity index (χ4v) is 12.9. The van der Waals surface area contributed by atoms with Crippen LogP contribution in [0.4, 0.5) is 0 Å². The summed E-state index contributed by atoms with van der Waals surface area (Å²) in [6, 6.07) is 21.1. The molecular formula is C45H62O4. The van der Waals surface area contributed by atoms with E-state index in [0.717, 1.165) is 44.1 Å². The van der Waals surface area contributed by atoms with E-state index in [1.165, 1.54) is 24.8 Å². The van der Waals surface area contributed by atoms with Gasteiger partial charge in [-0.05, 0) is 115 Å². The minimum Gasteiger partial charge on any atom is -0.469 e. The maximum atomic E-state index is 13.9. The summed E-state index contributed by atoms with van der Waals surface area (Å²) in [5, 5.41) is 0. The molecule has 0 N–H and O–H groups in total. The highest BCUT2D eigenvalue weighted by Gasteiger charge is 2.70. The number of hydrogen-bond acceptors (Lipinski definition) is 4. The van der Waals surface area contributed by atoms with Gasteiger partial charge in [-0.25, -0.2) is 0 Å². The van der Waals surface area contributed by atoms with Crippen molar-refractivity contribution in [1.82, 2.24) is 0 Å². The number of esters is 1. The van der Waals surface area contributed by atoms with Gasteiger partial charge in [-0.3, -0.25) is 4.79 Å². The molecule has 4 fully saturated rings. The van der Waals surface area contributed by atoms with Gasteiger partial charge in [-0.2, -0.15) is 0 Å². The van der Waals surface area contributed by atoms with E-state index in [1.54, 1.807) is 12.7 Å². The van der Waals surface area contributed by atoms with Crippen LogP contribution in [0.1, 0.15) is 117 Å². The van der Waals surface area contributed by atoms with Crippen LogP contribution in [-0.4, -0.2) is 25.3 Å². The van der Waals surface area contributed by atoms with E-state index in [1.807, 2.05) is 6.07 Å². The van der Waals surface area contributed by atoms with Crippen LogP contribution in [0.2, 0.25) is 0 Å². The quantitative estimate of drug-likeness (QED) is 0.218. The van der Waals surface area contributed by atoms with Crippen molar-refractivity contribution in [2.24, 2.45) is 50.2 Å². The van der Waals surface area contributed by atoms with Gasteiger partial charge in [0.1, 0.15) is 0 Å². The van der Waals surface area contributed by atoms with E-state index in [9.17, 15) is 4.79 Å². The summed E-state index contributed by atoms with van der Waals surface area (Å²) in [5.41, 5.74) is 4.17. The van der Waals surface area contributed by atoms with Crippen LogP contribution in [0.15, 0.2) is 72.3 Å². The lowest BCUT2D eigenvalue weighted by Crippen LogP contribution is -2.67. The number of rotatable bonds is 7. The summed E-state index contributed by atoms with van der Waals surface area (Å²) in [4.78, 5) is 13.9. The predicted octanol–water partition coefficient (Wildman–Crippen LogP) is 10.7. The third-order valence-electron chi connectivity index (χ3n) is 15.9. The Labute approximate surface area is 296 Å². The van der Waals surface area contributed by atoms with Crippen LogP contribution < -0.4 is 0 Å². The van der Waals surface area contributed by atoms with Gasteiger partial charge in [-0.15, -0.1) is 0 Å². The third-order valence-corrected chi connectivity index (χ3v) is 15.9. The second kappa shape index (κ2) is 12.4. The molecule has 0 aromatic heterocycles. The number of allylic oxidation sites excluding steroid dienone is 2. The lowest BCUT2D eigenvalue weighted by Gasteiger charge is -2.71. The Morgan fingerprint density at radius 1 is 0.694 bits per heavy atom. The van der Waals surface area contributed by atoms with Crippen molar-refractivity contribution in [1.29, 1.82) is 0 Å². The number of methoxy groups -OCH3 is 1. The average molecular weight is 667 g/mol. The summed E-state index contributed by atoms with van der Waals surface area (Å²) < 4.78 is 19.3. The zero-order valence-electron chi connectivity index (χ0n) is 31.6. The van der Waals surface area contributed by atoms with Gasteiger partial charge < -0.3 is 14.2 Å². The Morgan fingerprint density at radius 2 is 1.31 bits per heavy atom. The molecule has 0 aliphatic heterocycles. The molecule has 0 radical (unpaired) electrons. The second-order valence-electron chi connectivity index (χ2n) is 18.8. The monoisotopic (exact) mass is 666 g/mol. The summed E-state index contributed by atoms with van der Waals surface area (Å²) in [7, 11) is 1.57. The largest absolute Gasteiger partial charge is 0.469 e. The molecule has 0 bridgehead atoms. The molecule has 0 heterocycles. The minimum absolute atomic E-state index is 0.0293. The normalized spacial score (nSPS) is 42.4. The van der Waals surface area contributed by atoms with Crippen LogP contribution >= 0.6 is 0 Å². The molecule has 1 unspecified atom stereocenters. The molecule has 0 spiro atoms. The molecule has 266 valence electrons. The first-order valence-electron chi connectivity index (χ1n) is 19.3. The van der Waals surface area contributed by atoms with Crippen LogP contribution in [0.25, 0.3) is 0 Å². The van der Waals surface area contributed by atoms with Crippen LogP contribution in [0, 0.1) is 50.2 Å².